The quantitative estimate of drug-likeness (QED) is 0.639. The highest BCUT2D eigenvalue weighted by atomic mass is 35.5. The first kappa shape index (κ1) is 9.67. The standard InChI is InChI=1S/C13H10ClNO/c14-13-8-10(16)7-12-11-4-2-1-3-9(11)5-6-15(12)13/h1-4,7-8H,5-6H2. The molecule has 3 rings (SSSR count). The minimum Gasteiger partial charge on any atom is -0.331 e. The van der Waals surface area contributed by atoms with Gasteiger partial charge in [-0.05, 0) is 12.0 Å². The fourth-order valence-corrected chi connectivity index (χ4v) is 2.52. The largest absolute Gasteiger partial charge is 0.331 e. The Morgan fingerprint density at radius 1 is 1.19 bits per heavy atom. The normalized spacial score (nSPS) is 13.1. The average molecular weight is 232 g/mol. The summed E-state index contributed by atoms with van der Waals surface area (Å²) in [4.78, 5) is 11.5. The van der Waals surface area contributed by atoms with Crippen molar-refractivity contribution >= 4 is 11.6 Å². The molecule has 1 aromatic carbocycles. The fourth-order valence-electron chi connectivity index (χ4n) is 2.24. The van der Waals surface area contributed by atoms with Gasteiger partial charge in [-0.1, -0.05) is 35.9 Å². The van der Waals surface area contributed by atoms with E-state index >= 15 is 0 Å². The summed E-state index contributed by atoms with van der Waals surface area (Å²) in [6.07, 6.45) is 0.964. The molecule has 1 aromatic heterocycles. The van der Waals surface area contributed by atoms with Crippen LogP contribution in [-0.2, 0) is 13.0 Å². The number of pyridine rings is 1. The molecule has 1 aliphatic heterocycles. The van der Waals surface area contributed by atoms with Crippen LogP contribution in [0.5, 0.6) is 0 Å². The van der Waals surface area contributed by atoms with Gasteiger partial charge in [-0.25, -0.2) is 0 Å². The lowest BCUT2D eigenvalue weighted by Gasteiger charge is -2.23. The Morgan fingerprint density at radius 2 is 2.00 bits per heavy atom. The second-order valence-corrected chi connectivity index (χ2v) is 4.35. The zero-order valence-corrected chi connectivity index (χ0v) is 9.37. The Labute approximate surface area is 98.1 Å². The highest BCUT2D eigenvalue weighted by molar-refractivity contribution is 6.29. The molecule has 1 aliphatic rings. The van der Waals surface area contributed by atoms with E-state index in [1.807, 2.05) is 22.8 Å². The summed E-state index contributed by atoms with van der Waals surface area (Å²) in [5.41, 5.74) is 3.30. The summed E-state index contributed by atoms with van der Waals surface area (Å²) in [6.45, 7) is 0.839. The zero-order chi connectivity index (χ0) is 11.1. The predicted octanol–water partition coefficient (Wildman–Crippen LogP) is 2.72. The van der Waals surface area contributed by atoms with Gasteiger partial charge in [-0.3, -0.25) is 4.79 Å². The van der Waals surface area contributed by atoms with E-state index in [0.29, 0.717) is 5.15 Å². The topological polar surface area (TPSA) is 22.0 Å². The maximum absolute atomic E-state index is 11.5. The molecule has 0 fully saturated rings. The summed E-state index contributed by atoms with van der Waals surface area (Å²) in [5, 5.41) is 0.525. The third kappa shape index (κ3) is 1.38. The van der Waals surface area contributed by atoms with Crippen LogP contribution in [0.15, 0.2) is 41.2 Å². The molecule has 0 atom stereocenters. The van der Waals surface area contributed by atoms with Gasteiger partial charge >= 0.3 is 0 Å². The molecule has 80 valence electrons. The van der Waals surface area contributed by atoms with Gasteiger partial charge in [0, 0.05) is 24.2 Å². The zero-order valence-electron chi connectivity index (χ0n) is 8.61. The van der Waals surface area contributed by atoms with Crippen molar-refractivity contribution < 1.29 is 0 Å². The van der Waals surface area contributed by atoms with Crippen molar-refractivity contribution in [3.63, 3.8) is 0 Å². The number of aromatic nitrogens is 1. The third-order valence-electron chi connectivity index (χ3n) is 2.99. The summed E-state index contributed by atoms with van der Waals surface area (Å²) in [7, 11) is 0. The number of aryl methyl sites for hydroxylation is 1. The molecule has 2 nitrogen and oxygen atoms in total. The minimum atomic E-state index is -0.0343. The van der Waals surface area contributed by atoms with E-state index in [4.69, 9.17) is 11.6 Å². The van der Waals surface area contributed by atoms with Gasteiger partial charge < -0.3 is 4.57 Å². The summed E-state index contributed by atoms with van der Waals surface area (Å²) < 4.78 is 1.99. The van der Waals surface area contributed by atoms with Crippen LogP contribution < -0.4 is 5.43 Å². The third-order valence-corrected chi connectivity index (χ3v) is 3.30. The van der Waals surface area contributed by atoms with Crippen molar-refractivity contribution in [1.29, 1.82) is 0 Å². The van der Waals surface area contributed by atoms with Gasteiger partial charge in [0.05, 0.1) is 5.69 Å². The van der Waals surface area contributed by atoms with Gasteiger partial charge in [-0.15, -0.1) is 0 Å². The summed E-state index contributed by atoms with van der Waals surface area (Å²) >= 11 is 6.08. The van der Waals surface area contributed by atoms with Crippen LogP contribution in [0.1, 0.15) is 5.56 Å². The van der Waals surface area contributed by atoms with E-state index in [1.54, 1.807) is 6.07 Å². The van der Waals surface area contributed by atoms with E-state index in [2.05, 4.69) is 6.07 Å². The number of hydrogen-bond donors (Lipinski definition) is 0. The molecule has 2 aromatic rings. The van der Waals surface area contributed by atoms with Crippen LogP contribution in [0.3, 0.4) is 0 Å². The molecular formula is C13H10ClNO. The molecule has 16 heavy (non-hydrogen) atoms. The molecular weight excluding hydrogens is 222 g/mol. The number of benzene rings is 1. The average Bonchev–Trinajstić information content (AvgIpc) is 2.28. The first-order valence-electron chi connectivity index (χ1n) is 5.24. The highest BCUT2D eigenvalue weighted by Gasteiger charge is 2.16. The van der Waals surface area contributed by atoms with Crippen molar-refractivity contribution in [2.24, 2.45) is 0 Å². The number of halogens is 1. The number of nitrogens with zero attached hydrogens (tertiary/aromatic N) is 1. The van der Waals surface area contributed by atoms with Crippen LogP contribution in [0.2, 0.25) is 5.15 Å². The van der Waals surface area contributed by atoms with Gasteiger partial charge in [-0.2, -0.15) is 0 Å². The number of hydrogen-bond acceptors (Lipinski definition) is 1. The van der Waals surface area contributed by atoms with Crippen molar-refractivity contribution in [3.8, 4) is 11.3 Å². The van der Waals surface area contributed by atoms with Crippen LogP contribution in [-0.4, -0.2) is 4.57 Å². The molecule has 0 saturated carbocycles. The Kier molecular flexibility index (Phi) is 2.11. The van der Waals surface area contributed by atoms with E-state index < -0.39 is 0 Å². The van der Waals surface area contributed by atoms with Crippen molar-refractivity contribution in [2.75, 3.05) is 0 Å². The Bertz CT molecular complexity index is 616. The second-order valence-electron chi connectivity index (χ2n) is 3.96. The van der Waals surface area contributed by atoms with E-state index in [1.165, 1.54) is 11.6 Å². The minimum absolute atomic E-state index is 0.0343. The molecule has 0 radical (unpaired) electrons. The molecule has 0 unspecified atom stereocenters. The van der Waals surface area contributed by atoms with E-state index in [-0.39, 0.29) is 5.43 Å². The van der Waals surface area contributed by atoms with Gasteiger partial charge in [0.15, 0.2) is 5.43 Å². The van der Waals surface area contributed by atoms with Crippen LogP contribution in [0.25, 0.3) is 11.3 Å². The molecule has 0 saturated heterocycles. The first-order valence-corrected chi connectivity index (χ1v) is 5.62. The van der Waals surface area contributed by atoms with Crippen LogP contribution >= 0.6 is 11.6 Å². The lowest BCUT2D eigenvalue weighted by atomic mass is 9.97. The van der Waals surface area contributed by atoms with Crippen molar-refractivity contribution in [3.05, 3.63) is 57.3 Å². The molecule has 0 aliphatic carbocycles. The SMILES string of the molecule is O=c1cc(Cl)n2c(c1)-c1ccccc1CC2. The molecule has 0 bridgehead atoms. The molecule has 0 spiro atoms. The summed E-state index contributed by atoms with van der Waals surface area (Å²) in [6, 6.07) is 11.3. The molecule has 0 amide bonds. The summed E-state index contributed by atoms with van der Waals surface area (Å²) in [5.74, 6) is 0. The molecule has 2 heterocycles. The van der Waals surface area contributed by atoms with E-state index in [9.17, 15) is 4.79 Å². The maximum Gasteiger partial charge on any atom is 0.183 e. The number of fused-ring (bicyclic) bond motifs is 3. The van der Waals surface area contributed by atoms with Crippen LogP contribution in [0, 0.1) is 0 Å². The van der Waals surface area contributed by atoms with Crippen molar-refractivity contribution in [2.45, 2.75) is 13.0 Å². The maximum atomic E-state index is 11.5. The van der Waals surface area contributed by atoms with Crippen molar-refractivity contribution in [1.82, 2.24) is 4.57 Å². The predicted molar refractivity (Wildman–Crippen MR) is 64.9 cm³/mol. The first-order chi connectivity index (χ1) is 7.75. The lowest BCUT2D eigenvalue weighted by Crippen LogP contribution is -2.16. The monoisotopic (exact) mass is 231 g/mol. The Morgan fingerprint density at radius 3 is 2.88 bits per heavy atom. The van der Waals surface area contributed by atoms with E-state index in [0.717, 1.165) is 24.2 Å². The van der Waals surface area contributed by atoms with Crippen LogP contribution in [0.4, 0.5) is 0 Å². The second kappa shape index (κ2) is 3.49. The lowest BCUT2D eigenvalue weighted by molar-refractivity contribution is 0.679. The van der Waals surface area contributed by atoms with Gasteiger partial charge in [0.25, 0.3) is 0 Å². The highest BCUT2D eigenvalue weighted by Crippen LogP contribution is 2.30. The molecule has 0 N–H and O–H groups in total. The smallest absolute Gasteiger partial charge is 0.183 e. The van der Waals surface area contributed by atoms with Gasteiger partial charge in [0.2, 0.25) is 0 Å². The Balaban J connectivity index is 2.36. The number of rotatable bonds is 0. The fraction of sp³-hybridized carbons (Fsp3) is 0.154. The Hall–Kier alpha value is -1.54. The molecule has 3 heteroatoms. The van der Waals surface area contributed by atoms with Gasteiger partial charge in [0.1, 0.15) is 5.15 Å².